The Morgan fingerprint density at radius 2 is 1.91 bits per heavy atom. The molecule has 0 atom stereocenters. The van der Waals surface area contributed by atoms with Crippen LogP contribution < -0.4 is 9.47 Å². The molecule has 0 N–H and O–H groups in total. The molecule has 1 saturated heterocycles. The van der Waals surface area contributed by atoms with Gasteiger partial charge in [0.2, 0.25) is 6.79 Å². The standard InChI is InChI=1S/C23H15BrClNO5S/c1-12-2-4-15(16(24)6-12)18-5-3-14(31-18)8-21-22(27)26(23(28)32-21)10-13-7-19-20(9-17(13)25)30-11-29-19/h2-9H,10-11H2,1H3/b21-8+. The van der Waals surface area contributed by atoms with Crippen molar-refractivity contribution in [3.05, 3.63) is 73.8 Å². The first-order valence-electron chi connectivity index (χ1n) is 9.59. The van der Waals surface area contributed by atoms with E-state index < -0.39 is 5.91 Å². The minimum absolute atomic E-state index is 0.0389. The van der Waals surface area contributed by atoms with Gasteiger partial charge in [-0.2, -0.15) is 0 Å². The van der Waals surface area contributed by atoms with Crippen molar-refractivity contribution in [1.82, 2.24) is 4.90 Å². The Kier molecular flexibility index (Phi) is 5.53. The zero-order valence-electron chi connectivity index (χ0n) is 16.7. The molecule has 6 nitrogen and oxygen atoms in total. The summed E-state index contributed by atoms with van der Waals surface area (Å²) in [5.74, 6) is 1.83. The van der Waals surface area contributed by atoms with E-state index in [-0.39, 0.29) is 23.5 Å². The molecule has 0 spiro atoms. The van der Waals surface area contributed by atoms with E-state index >= 15 is 0 Å². The fourth-order valence-electron chi connectivity index (χ4n) is 3.41. The summed E-state index contributed by atoms with van der Waals surface area (Å²) < 4.78 is 17.5. The van der Waals surface area contributed by atoms with E-state index in [0.29, 0.717) is 33.6 Å². The van der Waals surface area contributed by atoms with Crippen LogP contribution in [-0.4, -0.2) is 22.8 Å². The first kappa shape index (κ1) is 21.2. The number of halogens is 2. The smallest absolute Gasteiger partial charge is 0.293 e. The first-order chi connectivity index (χ1) is 15.4. The summed E-state index contributed by atoms with van der Waals surface area (Å²) in [6, 6.07) is 12.9. The Labute approximate surface area is 201 Å². The number of thioether (sulfide) groups is 1. The summed E-state index contributed by atoms with van der Waals surface area (Å²) in [7, 11) is 0. The predicted molar refractivity (Wildman–Crippen MR) is 126 cm³/mol. The summed E-state index contributed by atoms with van der Waals surface area (Å²) in [6.07, 6.45) is 1.58. The van der Waals surface area contributed by atoms with E-state index in [1.54, 1.807) is 24.3 Å². The second-order valence-corrected chi connectivity index (χ2v) is 9.50. The average Bonchev–Trinajstić information content (AvgIpc) is 3.45. The molecule has 0 unspecified atom stereocenters. The summed E-state index contributed by atoms with van der Waals surface area (Å²) in [6.45, 7) is 2.16. The topological polar surface area (TPSA) is 69.0 Å². The summed E-state index contributed by atoms with van der Waals surface area (Å²) in [5.41, 5.74) is 2.63. The van der Waals surface area contributed by atoms with Crippen molar-refractivity contribution in [2.75, 3.05) is 6.79 Å². The number of rotatable bonds is 4. The van der Waals surface area contributed by atoms with Crippen molar-refractivity contribution in [3.8, 4) is 22.8 Å². The van der Waals surface area contributed by atoms with E-state index in [4.69, 9.17) is 25.5 Å². The molecule has 5 rings (SSSR count). The largest absolute Gasteiger partial charge is 0.457 e. The number of aryl methyl sites for hydroxylation is 1. The number of imide groups is 1. The maximum absolute atomic E-state index is 12.9. The van der Waals surface area contributed by atoms with Crippen LogP contribution in [-0.2, 0) is 11.3 Å². The molecule has 2 amide bonds. The zero-order valence-corrected chi connectivity index (χ0v) is 19.8. The van der Waals surface area contributed by atoms with Crippen LogP contribution in [0.15, 0.2) is 56.3 Å². The molecule has 0 aliphatic carbocycles. The summed E-state index contributed by atoms with van der Waals surface area (Å²) >= 11 is 10.7. The van der Waals surface area contributed by atoms with Gasteiger partial charge in [-0.15, -0.1) is 0 Å². The molecule has 32 heavy (non-hydrogen) atoms. The van der Waals surface area contributed by atoms with Gasteiger partial charge in [0.1, 0.15) is 11.5 Å². The Hall–Kier alpha value is -2.68. The van der Waals surface area contributed by atoms with Crippen molar-refractivity contribution in [1.29, 1.82) is 0 Å². The van der Waals surface area contributed by atoms with Gasteiger partial charge in [-0.1, -0.05) is 33.6 Å². The molecule has 2 aliphatic heterocycles. The molecule has 2 aromatic carbocycles. The highest BCUT2D eigenvalue weighted by Crippen LogP contribution is 2.40. The van der Waals surface area contributed by atoms with Crippen LogP contribution in [0.4, 0.5) is 4.79 Å². The molecule has 162 valence electrons. The highest BCUT2D eigenvalue weighted by Gasteiger charge is 2.36. The molecule has 0 saturated carbocycles. The SMILES string of the molecule is Cc1ccc(-c2ccc(/C=C3/SC(=O)N(Cc4cc5c(cc4Cl)OCO5)C3=O)o2)c(Br)c1. The number of hydrogen-bond acceptors (Lipinski definition) is 6. The van der Waals surface area contributed by atoms with Crippen molar-refractivity contribution in [2.24, 2.45) is 0 Å². The number of furan rings is 1. The van der Waals surface area contributed by atoms with Gasteiger partial charge in [0.05, 0.1) is 11.4 Å². The molecule has 3 heterocycles. The summed E-state index contributed by atoms with van der Waals surface area (Å²) in [5, 5.41) is 0.0275. The van der Waals surface area contributed by atoms with Gasteiger partial charge in [0.15, 0.2) is 11.5 Å². The number of nitrogens with zero attached hydrogens (tertiary/aromatic N) is 1. The maximum Gasteiger partial charge on any atom is 0.293 e. The highest BCUT2D eigenvalue weighted by atomic mass is 79.9. The molecule has 2 aliphatic rings. The van der Waals surface area contributed by atoms with E-state index in [9.17, 15) is 9.59 Å². The Balaban J connectivity index is 1.37. The lowest BCUT2D eigenvalue weighted by Gasteiger charge is -2.14. The van der Waals surface area contributed by atoms with E-state index in [1.807, 2.05) is 31.2 Å². The van der Waals surface area contributed by atoms with Crippen molar-refractivity contribution in [3.63, 3.8) is 0 Å². The molecular formula is C23H15BrClNO5S. The van der Waals surface area contributed by atoms with Crippen LogP contribution in [0.25, 0.3) is 17.4 Å². The van der Waals surface area contributed by atoms with Gasteiger partial charge in [-0.05, 0) is 60.1 Å². The number of fused-ring (bicyclic) bond motifs is 1. The van der Waals surface area contributed by atoms with Crippen LogP contribution in [0.5, 0.6) is 11.5 Å². The van der Waals surface area contributed by atoms with Crippen LogP contribution in [0, 0.1) is 6.92 Å². The van der Waals surface area contributed by atoms with E-state index in [0.717, 1.165) is 32.3 Å². The Morgan fingerprint density at radius 3 is 2.69 bits per heavy atom. The Bertz CT molecular complexity index is 1300. The van der Waals surface area contributed by atoms with Crippen molar-refractivity contribution < 1.29 is 23.5 Å². The lowest BCUT2D eigenvalue weighted by atomic mass is 10.1. The monoisotopic (exact) mass is 531 g/mol. The van der Waals surface area contributed by atoms with Crippen LogP contribution in [0.3, 0.4) is 0 Å². The van der Waals surface area contributed by atoms with Gasteiger partial charge >= 0.3 is 0 Å². The fourth-order valence-corrected chi connectivity index (χ4v) is 5.13. The minimum atomic E-state index is -0.400. The van der Waals surface area contributed by atoms with Gasteiger partial charge in [0.25, 0.3) is 11.1 Å². The molecule has 1 fully saturated rings. The second-order valence-electron chi connectivity index (χ2n) is 7.25. The van der Waals surface area contributed by atoms with Crippen LogP contribution in [0.1, 0.15) is 16.9 Å². The maximum atomic E-state index is 12.9. The van der Waals surface area contributed by atoms with Crippen molar-refractivity contribution in [2.45, 2.75) is 13.5 Å². The van der Waals surface area contributed by atoms with E-state index in [1.165, 1.54) is 0 Å². The third-order valence-electron chi connectivity index (χ3n) is 5.03. The van der Waals surface area contributed by atoms with Crippen LogP contribution in [0.2, 0.25) is 5.02 Å². The van der Waals surface area contributed by atoms with Gasteiger partial charge < -0.3 is 13.9 Å². The third kappa shape index (κ3) is 3.94. The number of carbonyl (C=O) groups is 2. The molecule has 1 aromatic heterocycles. The van der Waals surface area contributed by atoms with Gasteiger partial charge in [0, 0.05) is 27.2 Å². The van der Waals surface area contributed by atoms with E-state index in [2.05, 4.69) is 15.9 Å². The quantitative estimate of drug-likeness (QED) is 0.351. The number of amides is 2. The number of hydrogen-bond donors (Lipinski definition) is 0. The first-order valence-corrected chi connectivity index (χ1v) is 11.6. The average molecular weight is 533 g/mol. The lowest BCUT2D eigenvalue weighted by Crippen LogP contribution is -2.27. The molecule has 0 bridgehead atoms. The third-order valence-corrected chi connectivity index (χ3v) is 6.95. The summed E-state index contributed by atoms with van der Waals surface area (Å²) in [4.78, 5) is 26.9. The predicted octanol–water partition coefficient (Wildman–Crippen LogP) is 6.64. The van der Waals surface area contributed by atoms with Gasteiger partial charge in [-0.25, -0.2) is 0 Å². The number of carbonyl (C=O) groups excluding carboxylic acids is 2. The second kappa shape index (κ2) is 8.35. The number of benzene rings is 2. The zero-order chi connectivity index (χ0) is 22.4. The molecular weight excluding hydrogens is 518 g/mol. The molecule has 9 heteroatoms. The van der Waals surface area contributed by atoms with Crippen molar-refractivity contribution >= 4 is 56.5 Å². The highest BCUT2D eigenvalue weighted by molar-refractivity contribution is 9.10. The van der Waals surface area contributed by atoms with Gasteiger partial charge in [-0.3, -0.25) is 14.5 Å². The molecule has 0 radical (unpaired) electrons. The normalized spacial score (nSPS) is 16.5. The Morgan fingerprint density at radius 1 is 1.12 bits per heavy atom. The van der Waals surface area contributed by atoms with Crippen LogP contribution >= 0.6 is 39.3 Å². The minimum Gasteiger partial charge on any atom is -0.457 e. The lowest BCUT2D eigenvalue weighted by molar-refractivity contribution is -0.123. The fraction of sp³-hybridized carbons (Fsp3) is 0.130. The number of ether oxygens (including phenoxy) is 2. The molecule has 3 aromatic rings.